The van der Waals surface area contributed by atoms with E-state index in [0.717, 1.165) is 5.56 Å². The van der Waals surface area contributed by atoms with E-state index in [9.17, 15) is 9.36 Å². The van der Waals surface area contributed by atoms with E-state index in [1.165, 1.54) is 64.2 Å². The van der Waals surface area contributed by atoms with Gasteiger partial charge in [-0.25, -0.2) is 10.2 Å². The van der Waals surface area contributed by atoms with Crippen LogP contribution in [0.3, 0.4) is 0 Å². The maximum atomic E-state index is 13.3. The van der Waals surface area contributed by atoms with E-state index in [0.29, 0.717) is 17.4 Å². The Morgan fingerprint density at radius 3 is 1.89 bits per heavy atom. The first-order valence-corrected chi connectivity index (χ1v) is 12.3. The van der Waals surface area contributed by atoms with Gasteiger partial charge in [-0.3, -0.25) is 14.4 Å². The fraction of sp³-hybridized carbons (Fsp3) is 0.667. The lowest BCUT2D eigenvalue weighted by molar-refractivity contribution is 0.0516. The molecule has 148 valence electrons. The summed E-state index contributed by atoms with van der Waals surface area (Å²) < 4.78 is 13.3. The van der Waals surface area contributed by atoms with Gasteiger partial charge in [0.2, 0.25) is 0 Å². The first-order chi connectivity index (χ1) is 13.0. The van der Waals surface area contributed by atoms with Gasteiger partial charge >= 0.3 is 7.59 Å². The van der Waals surface area contributed by atoms with Crippen LogP contribution >= 0.6 is 7.59 Å². The van der Waals surface area contributed by atoms with Crippen molar-refractivity contribution in [3.63, 3.8) is 0 Å². The van der Waals surface area contributed by atoms with Crippen molar-refractivity contribution < 1.29 is 9.36 Å². The molecule has 0 bridgehead atoms. The lowest BCUT2D eigenvalue weighted by Crippen LogP contribution is -2.75. The van der Waals surface area contributed by atoms with Gasteiger partial charge in [0.25, 0.3) is 5.91 Å². The summed E-state index contributed by atoms with van der Waals surface area (Å²) in [5, 5.41) is 9.62. The fourth-order valence-corrected chi connectivity index (χ4v) is 7.60. The van der Waals surface area contributed by atoms with E-state index in [2.05, 4.69) is 15.3 Å². The van der Waals surface area contributed by atoms with Crippen LogP contribution in [0, 0.1) is 18.8 Å². The number of carbonyl (C=O) groups is 1. The molecule has 0 atom stereocenters. The number of hydrogen-bond acceptors (Lipinski definition) is 2. The Bertz CT molecular complexity index is 691. The van der Waals surface area contributed by atoms with Gasteiger partial charge in [0.15, 0.2) is 0 Å². The molecule has 3 aliphatic rings. The van der Waals surface area contributed by atoms with Crippen LogP contribution in [-0.2, 0) is 4.57 Å². The molecule has 1 aromatic rings. The number of aryl methyl sites for hydroxylation is 1. The predicted molar refractivity (Wildman–Crippen MR) is 108 cm³/mol. The monoisotopic (exact) mass is 389 g/mol. The molecule has 1 heterocycles. The molecule has 2 aliphatic carbocycles. The van der Waals surface area contributed by atoms with Gasteiger partial charge in [0, 0.05) is 5.56 Å². The zero-order chi connectivity index (χ0) is 18.9. The summed E-state index contributed by atoms with van der Waals surface area (Å²) in [6, 6.07) is 7.37. The Kier molecular flexibility index (Phi) is 5.46. The molecule has 27 heavy (non-hydrogen) atoms. The highest BCUT2D eigenvalue weighted by Gasteiger charge is 2.59. The normalized spacial score (nSPS) is 25.5. The number of hydrogen-bond donors (Lipinski definition) is 3. The molecule has 1 saturated heterocycles. The molecular weight excluding hydrogens is 357 g/mol. The number of benzene rings is 1. The van der Waals surface area contributed by atoms with Crippen molar-refractivity contribution >= 4 is 13.5 Å². The minimum atomic E-state index is -3.08. The van der Waals surface area contributed by atoms with Crippen LogP contribution in [0.4, 0.5) is 0 Å². The van der Waals surface area contributed by atoms with Gasteiger partial charge in [-0.05, 0) is 56.6 Å². The Morgan fingerprint density at radius 1 is 0.926 bits per heavy atom. The van der Waals surface area contributed by atoms with Gasteiger partial charge in [-0.15, -0.1) is 0 Å². The summed E-state index contributed by atoms with van der Waals surface area (Å²) in [6.45, 7) is 1.99. The first kappa shape index (κ1) is 19.2. The van der Waals surface area contributed by atoms with Crippen LogP contribution in [0.25, 0.3) is 0 Å². The Labute approximate surface area is 162 Å². The maximum Gasteiger partial charge on any atom is 0.308 e. The second-order valence-electron chi connectivity index (χ2n) is 8.68. The molecule has 3 fully saturated rings. The fourth-order valence-electron chi connectivity index (χ4n) is 5.30. The predicted octanol–water partition coefficient (Wildman–Crippen LogP) is 4.88. The Balaban J connectivity index is 1.48. The van der Waals surface area contributed by atoms with Gasteiger partial charge in [-0.1, -0.05) is 56.2 Å². The summed E-state index contributed by atoms with van der Waals surface area (Å²) in [4.78, 5) is 12.6. The van der Waals surface area contributed by atoms with Crippen molar-refractivity contribution in [2.75, 3.05) is 0 Å². The zero-order valence-electron chi connectivity index (χ0n) is 16.3. The lowest BCUT2D eigenvalue weighted by atomic mass is 9.70. The third-order valence-electron chi connectivity index (χ3n) is 6.76. The Hall–Kier alpha value is -1.16. The van der Waals surface area contributed by atoms with E-state index < -0.39 is 7.59 Å². The van der Waals surface area contributed by atoms with Crippen LogP contribution in [0.1, 0.15) is 80.1 Å². The van der Waals surface area contributed by atoms with Crippen LogP contribution in [0.2, 0.25) is 0 Å². The molecule has 1 aliphatic heterocycles. The van der Waals surface area contributed by atoms with E-state index in [4.69, 9.17) is 0 Å². The van der Waals surface area contributed by atoms with E-state index in [1.807, 2.05) is 19.1 Å². The summed E-state index contributed by atoms with van der Waals surface area (Å²) in [5.41, 5.74) is 1.40. The molecule has 2 saturated carbocycles. The standard InChI is InChI=1S/C21H32N3O2P/c1-16-12-14-17(15-13-16)20(25)22-27(26)23-21(24-27,18-8-4-2-5-9-18)19-10-6-3-7-11-19/h12-15,18-19H,2-11H2,1H3,(H3,22,23,24,25,26). The van der Waals surface area contributed by atoms with Crippen molar-refractivity contribution in [2.24, 2.45) is 11.8 Å². The largest absolute Gasteiger partial charge is 0.308 e. The van der Waals surface area contributed by atoms with Crippen LogP contribution in [0.15, 0.2) is 24.3 Å². The molecule has 1 aromatic carbocycles. The molecule has 4 rings (SSSR count). The lowest BCUT2D eigenvalue weighted by Gasteiger charge is -2.59. The molecule has 0 radical (unpaired) electrons. The summed E-state index contributed by atoms with van der Waals surface area (Å²) >= 11 is 0. The number of carbonyl (C=O) groups excluding carboxylic acids is 1. The third kappa shape index (κ3) is 3.87. The maximum absolute atomic E-state index is 13.3. The van der Waals surface area contributed by atoms with Gasteiger partial charge in [0.05, 0.1) is 5.66 Å². The van der Waals surface area contributed by atoms with Crippen molar-refractivity contribution in [1.29, 1.82) is 0 Å². The summed E-state index contributed by atoms with van der Waals surface area (Å²) in [5.74, 6) is 0.736. The molecule has 0 spiro atoms. The van der Waals surface area contributed by atoms with Crippen molar-refractivity contribution in [1.82, 2.24) is 15.3 Å². The smallest absolute Gasteiger partial charge is 0.279 e. The molecule has 0 aromatic heterocycles. The highest BCUT2D eigenvalue weighted by molar-refractivity contribution is 7.60. The van der Waals surface area contributed by atoms with E-state index in [-0.39, 0.29) is 11.6 Å². The number of amides is 1. The highest BCUT2D eigenvalue weighted by atomic mass is 31.2. The van der Waals surface area contributed by atoms with E-state index in [1.54, 1.807) is 12.1 Å². The van der Waals surface area contributed by atoms with Crippen LogP contribution < -0.4 is 15.3 Å². The van der Waals surface area contributed by atoms with Crippen molar-refractivity contribution in [3.8, 4) is 0 Å². The van der Waals surface area contributed by atoms with Crippen LogP contribution in [0.5, 0.6) is 0 Å². The van der Waals surface area contributed by atoms with Crippen LogP contribution in [-0.4, -0.2) is 11.6 Å². The molecule has 6 heteroatoms. The van der Waals surface area contributed by atoms with Crippen molar-refractivity contribution in [3.05, 3.63) is 35.4 Å². The third-order valence-corrected chi connectivity index (χ3v) is 8.64. The average molecular weight is 389 g/mol. The summed E-state index contributed by atoms with van der Waals surface area (Å²) in [7, 11) is -3.08. The minimum absolute atomic E-state index is 0.253. The topological polar surface area (TPSA) is 70.2 Å². The number of rotatable bonds is 4. The van der Waals surface area contributed by atoms with Gasteiger partial charge in [0.1, 0.15) is 0 Å². The Morgan fingerprint density at radius 2 is 1.41 bits per heavy atom. The molecule has 3 N–H and O–H groups in total. The molecule has 5 nitrogen and oxygen atoms in total. The molecule has 1 amide bonds. The second-order valence-corrected chi connectivity index (χ2v) is 10.6. The SMILES string of the molecule is Cc1ccc(C(=O)NP2(=O)NC(C3CCCCC3)(C3CCCCC3)N2)cc1. The summed E-state index contributed by atoms with van der Waals surface area (Å²) in [6.07, 6.45) is 12.4. The van der Waals surface area contributed by atoms with Gasteiger partial charge < -0.3 is 0 Å². The second kappa shape index (κ2) is 7.69. The van der Waals surface area contributed by atoms with Gasteiger partial charge in [-0.2, -0.15) is 0 Å². The number of nitrogens with one attached hydrogen (secondary N) is 3. The highest BCUT2D eigenvalue weighted by Crippen LogP contribution is 2.56. The first-order valence-electron chi connectivity index (χ1n) is 10.6. The zero-order valence-corrected chi connectivity index (χ0v) is 17.2. The minimum Gasteiger partial charge on any atom is -0.279 e. The van der Waals surface area contributed by atoms with Crippen molar-refractivity contribution in [2.45, 2.75) is 76.8 Å². The molecular formula is C21H32N3O2P. The molecule has 0 unspecified atom stereocenters. The van der Waals surface area contributed by atoms with E-state index >= 15 is 0 Å². The quantitative estimate of drug-likeness (QED) is 0.642. The average Bonchev–Trinajstić information content (AvgIpc) is 2.67.